The molecule has 0 spiro atoms. The van der Waals surface area contributed by atoms with Gasteiger partial charge in [0.2, 0.25) is 0 Å². The van der Waals surface area contributed by atoms with Crippen molar-refractivity contribution < 1.29 is 84.3 Å². The van der Waals surface area contributed by atoms with Gasteiger partial charge in [0, 0.05) is 74.4 Å². The van der Waals surface area contributed by atoms with E-state index >= 15 is 0 Å². The largest absolute Gasteiger partial charge is 0.479 e. The summed E-state index contributed by atoms with van der Waals surface area (Å²) in [6.45, 7) is 35.1. The van der Waals surface area contributed by atoms with Gasteiger partial charge in [-0.25, -0.2) is 0 Å². The Balaban J connectivity index is -0.00000107. The molecule has 0 fully saturated rings. The number of benzene rings is 4. The van der Waals surface area contributed by atoms with E-state index in [2.05, 4.69) is 241 Å². The maximum atomic E-state index is 10.4. The van der Waals surface area contributed by atoms with Gasteiger partial charge in [-0.05, 0) is 117 Å². The predicted octanol–water partition coefficient (Wildman–Crippen LogP) is 21.3. The molecule has 75 heavy (non-hydrogen) atoms. The normalized spacial score (nSPS) is 12.9. The van der Waals surface area contributed by atoms with E-state index in [1.165, 1.54) is 67.3 Å². The molecule has 0 saturated heterocycles. The molecule has 2 heterocycles. The fraction of sp³-hybridized carbons (Fsp3) is 0.433. The molecule has 0 saturated carbocycles. The Labute approximate surface area is 478 Å². The molecule has 0 unspecified atom stereocenters. The van der Waals surface area contributed by atoms with E-state index in [0.717, 1.165) is 0 Å². The van der Waals surface area contributed by atoms with Crippen LogP contribution < -0.4 is 19.6 Å². The third kappa shape index (κ3) is 23.5. The minimum absolute atomic E-state index is 0. The molecule has 0 atom stereocenters. The van der Waals surface area contributed by atoms with Crippen LogP contribution in [0.2, 0.25) is 0 Å². The van der Waals surface area contributed by atoms with E-state index in [9.17, 15) is 39.5 Å². The summed E-state index contributed by atoms with van der Waals surface area (Å²) in [6.07, 6.45) is 4.87. The van der Waals surface area contributed by atoms with Crippen molar-refractivity contribution in [3.8, 4) is 0 Å². The Bertz CT molecular complexity index is 1880. The standard InChI is InChI=1S/2C27H37N2.C2H3F3.2CF3.2CH3.2Au/c2*1-18(2)22-11-9-12-23(19(3)4)26(22)28-15-16-29(17-28)27-24(20(5)6)13-10-14-25(27)21(7)8;1-2(3,4)5;2*2-1(3)4;;;;/h2*9-21H,1-8H3;1H3;;;2*1H3;;/q2*-1;;4*-1;;. The number of alkyl halides is 3. The first kappa shape index (κ1) is 75.6. The number of para-hydroxylation sites is 4. The van der Waals surface area contributed by atoms with Crippen molar-refractivity contribution in [3.05, 3.63) is 184 Å². The first-order chi connectivity index (χ1) is 32.9. The maximum absolute atomic E-state index is 10.4. The summed E-state index contributed by atoms with van der Waals surface area (Å²) in [5, 5.41) is 0. The molecule has 6 rings (SSSR count). The van der Waals surface area contributed by atoms with Crippen LogP contribution in [0, 0.1) is 41.5 Å². The fourth-order valence-electron chi connectivity index (χ4n) is 8.48. The van der Waals surface area contributed by atoms with Crippen molar-refractivity contribution in [2.24, 2.45) is 0 Å². The van der Waals surface area contributed by atoms with Crippen LogP contribution in [0.3, 0.4) is 0 Å². The molecule has 0 amide bonds. The average molecular weight is 1430 g/mol. The SMILES string of the molecule is CC(C)c1cccc(C(C)C)c1N1C=CN(c2c(C(C)C)cccc2C(C)C)[CH-]1.CC(C)c1cccc(C(C)C)c1N1C=CN(c2c(C(C)C)cccc2C(C)C)[CH-]1.CC(F)(F)F.F[C-](F)F.F[C-](F)F.[Au].[Au].[CH3-].[CH3-]. The molecule has 15 heteroatoms. The Morgan fingerprint density at radius 2 is 0.440 bits per heavy atom. The molecule has 0 bridgehead atoms. The Morgan fingerprint density at radius 3 is 0.533 bits per heavy atom. The monoisotopic (exact) mass is 1420 g/mol. The van der Waals surface area contributed by atoms with Gasteiger partial charge in [-0.2, -0.15) is 13.2 Å². The van der Waals surface area contributed by atoms with Gasteiger partial charge in [0.25, 0.3) is 0 Å². The average Bonchev–Trinajstić information content (AvgIpc) is 3.95. The van der Waals surface area contributed by atoms with Gasteiger partial charge in [-0.3, -0.25) is 0 Å². The molecule has 2 aliphatic heterocycles. The van der Waals surface area contributed by atoms with Crippen LogP contribution in [0.5, 0.6) is 0 Å². The molecular weight excluding hydrogens is 1340 g/mol. The molecule has 0 aromatic heterocycles. The Kier molecular flexibility index (Phi) is 35.3. The molecule has 434 valence electrons. The Hall–Kier alpha value is -3.59. The van der Waals surface area contributed by atoms with Gasteiger partial charge in [-0.15, -0.1) is 13.3 Å². The molecule has 0 N–H and O–H groups in total. The Morgan fingerprint density at radius 1 is 0.333 bits per heavy atom. The molecular formula is C60H83Au2F9N4-6. The van der Waals surface area contributed by atoms with E-state index < -0.39 is 19.5 Å². The maximum Gasteiger partial charge on any atom is 0.386 e. The van der Waals surface area contributed by atoms with Gasteiger partial charge in [0.15, 0.2) is 13.4 Å². The second kappa shape index (κ2) is 35.0. The minimum Gasteiger partial charge on any atom is -0.479 e. The van der Waals surface area contributed by atoms with Gasteiger partial charge in [0.05, 0.1) is 0 Å². The third-order valence-electron chi connectivity index (χ3n) is 11.7. The van der Waals surface area contributed by atoms with E-state index in [0.29, 0.717) is 47.3 Å². The molecule has 2 radical (unpaired) electrons. The van der Waals surface area contributed by atoms with Crippen LogP contribution in [-0.2, 0) is 44.8 Å². The zero-order chi connectivity index (χ0) is 54.2. The first-order valence-electron chi connectivity index (χ1n) is 24.4. The van der Waals surface area contributed by atoms with Gasteiger partial charge in [-0.1, -0.05) is 184 Å². The van der Waals surface area contributed by atoms with Crippen LogP contribution in [0.4, 0.5) is 62.3 Å². The summed E-state index contributed by atoms with van der Waals surface area (Å²) in [4.78, 5) is 9.30. The second-order valence-corrected chi connectivity index (χ2v) is 20.0. The smallest absolute Gasteiger partial charge is 0.386 e. The summed E-state index contributed by atoms with van der Waals surface area (Å²) >= 11 is 0. The molecule has 2 aliphatic rings. The molecule has 0 aliphatic carbocycles. The van der Waals surface area contributed by atoms with Crippen molar-refractivity contribution in [2.75, 3.05) is 19.6 Å². The summed E-state index contributed by atoms with van der Waals surface area (Å²) in [6, 6.07) is 27.0. The molecule has 4 nitrogen and oxygen atoms in total. The van der Waals surface area contributed by atoms with Crippen molar-refractivity contribution in [1.82, 2.24) is 0 Å². The quantitative estimate of drug-likeness (QED) is 0.0796. The second-order valence-electron chi connectivity index (χ2n) is 20.0. The predicted molar refractivity (Wildman–Crippen MR) is 293 cm³/mol. The van der Waals surface area contributed by atoms with E-state index in [-0.39, 0.29) is 66.5 Å². The molecule has 4 aromatic rings. The summed E-state index contributed by atoms with van der Waals surface area (Å²) in [5.41, 5.74) is 16.6. The zero-order valence-corrected chi connectivity index (χ0v) is 51.6. The number of hydrogen-bond acceptors (Lipinski definition) is 4. The van der Waals surface area contributed by atoms with Crippen LogP contribution in [0.25, 0.3) is 0 Å². The minimum atomic E-state index is -4.00. The van der Waals surface area contributed by atoms with Crippen molar-refractivity contribution in [3.63, 3.8) is 0 Å². The number of nitrogens with zero attached hydrogens (tertiary/aromatic N) is 4. The van der Waals surface area contributed by atoms with Crippen LogP contribution in [0.15, 0.2) is 97.6 Å². The summed E-state index contributed by atoms with van der Waals surface area (Å²) in [7, 11) is 0. The number of rotatable bonds is 12. The number of anilines is 4. The van der Waals surface area contributed by atoms with Crippen molar-refractivity contribution in [2.45, 2.75) is 171 Å². The topological polar surface area (TPSA) is 13.0 Å². The number of hydrogen-bond donors (Lipinski definition) is 0. The van der Waals surface area contributed by atoms with Gasteiger partial charge < -0.3 is 60.8 Å². The van der Waals surface area contributed by atoms with E-state index in [1.54, 1.807) is 0 Å². The van der Waals surface area contributed by atoms with E-state index in [1.807, 2.05) is 0 Å². The van der Waals surface area contributed by atoms with Gasteiger partial charge in [0.1, 0.15) is 0 Å². The van der Waals surface area contributed by atoms with Gasteiger partial charge >= 0.3 is 6.18 Å². The fourth-order valence-corrected chi connectivity index (χ4v) is 8.48. The van der Waals surface area contributed by atoms with Crippen molar-refractivity contribution >= 4 is 22.7 Å². The van der Waals surface area contributed by atoms with Crippen LogP contribution in [0.1, 0.15) is 210 Å². The zero-order valence-electron chi connectivity index (χ0n) is 47.3. The first-order valence-corrected chi connectivity index (χ1v) is 24.4. The third-order valence-corrected chi connectivity index (χ3v) is 11.7. The molecule has 4 aromatic carbocycles. The summed E-state index contributed by atoms with van der Waals surface area (Å²) in [5.74, 6) is 3.84. The number of halogens is 9. The van der Waals surface area contributed by atoms with Crippen LogP contribution >= 0.6 is 0 Å². The summed E-state index contributed by atoms with van der Waals surface area (Å²) < 4.78 is 88.6. The van der Waals surface area contributed by atoms with Crippen LogP contribution in [-0.4, -0.2) is 6.18 Å². The van der Waals surface area contributed by atoms with E-state index in [4.69, 9.17) is 0 Å². The van der Waals surface area contributed by atoms with Crippen molar-refractivity contribution in [1.29, 1.82) is 0 Å².